The zero-order chi connectivity index (χ0) is 18.2. The molecule has 0 amide bonds. The number of pyridine rings is 1. The van der Waals surface area contributed by atoms with Gasteiger partial charge in [-0.3, -0.25) is 10.2 Å². The SMILES string of the molecule is CC1(N)CCN(c2cnc(C(=N)c3cc[nH]c(=O)c3Cl)c(N)n2)CC1. The number of anilines is 2. The van der Waals surface area contributed by atoms with Crippen molar-refractivity contribution in [1.29, 1.82) is 5.41 Å². The van der Waals surface area contributed by atoms with E-state index in [1.54, 1.807) is 6.20 Å². The molecule has 0 spiro atoms. The number of nitrogens with one attached hydrogen (secondary N) is 2. The van der Waals surface area contributed by atoms with E-state index in [0.717, 1.165) is 25.9 Å². The molecular weight excluding hydrogens is 342 g/mol. The molecule has 0 atom stereocenters. The Bertz CT molecular complexity index is 867. The van der Waals surface area contributed by atoms with Gasteiger partial charge in [-0.15, -0.1) is 0 Å². The minimum Gasteiger partial charge on any atom is -0.382 e. The topological polar surface area (TPSA) is 138 Å². The van der Waals surface area contributed by atoms with Crippen LogP contribution in [0.2, 0.25) is 5.02 Å². The van der Waals surface area contributed by atoms with Crippen molar-refractivity contribution >= 4 is 28.9 Å². The molecular formula is C16H20ClN7O. The van der Waals surface area contributed by atoms with Crippen molar-refractivity contribution in [2.75, 3.05) is 23.7 Å². The molecule has 3 heterocycles. The van der Waals surface area contributed by atoms with Gasteiger partial charge in [0, 0.05) is 30.4 Å². The number of rotatable bonds is 3. The molecule has 1 aliphatic heterocycles. The average molecular weight is 362 g/mol. The number of piperidine rings is 1. The number of halogens is 1. The van der Waals surface area contributed by atoms with Crippen molar-refractivity contribution in [1.82, 2.24) is 15.0 Å². The summed E-state index contributed by atoms with van der Waals surface area (Å²) < 4.78 is 0. The number of aromatic amines is 1. The van der Waals surface area contributed by atoms with Crippen LogP contribution in [0.5, 0.6) is 0 Å². The van der Waals surface area contributed by atoms with Crippen LogP contribution in [0.1, 0.15) is 31.0 Å². The molecule has 2 aromatic heterocycles. The summed E-state index contributed by atoms with van der Waals surface area (Å²) in [6.45, 7) is 3.59. The highest BCUT2D eigenvalue weighted by molar-refractivity contribution is 6.35. The van der Waals surface area contributed by atoms with Crippen LogP contribution >= 0.6 is 11.6 Å². The van der Waals surface area contributed by atoms with Crippen molar-refractivity contribution in [3.8, 4) is 0 Å². The Balaban J connectivity index is 1.86. The maximum Gasteiger partial charge on any atom is 0.267 e. The van der Waals surface area contributed by atoms with Gasteiger partial charge in [0.1, 0.15) is 16.5 Å². The second-order valence-corrected chi connectivity index (χ2v) is 6.89. The highest BCUT2D eigenvalue weighted by Gasteiger charge is 2.27. The molecule has 0 saturated carbocycles. The highest BCUT2D eigenvalue weighted by atomic mass is 35.5. The Labute approximate surface area is 149 Å². The van der Waals surface area contributed by atoms with Crippen LogP contribution in [0.3, 0.4) is 0 Å². The zero-order valence-electron chi connectivity index (χ0n) is 13.8. The minimum atomic E-state index is -0.467. The molecule has 0 aliphatic carbocycles. The standard InChI is InChI=1S/C16H20ClN7O/c1-16(20)3-6-24(7-4-16)10-8-22-13(14(19)23-10)12(18)9-2-5-21-15(25)11(9)17/h2,5,8,18H,3-4,6-7,20H2,1H3,(H2,19,23)(H,21,25). The number of hydrogen-bond acceptors (Lipinski definition) is 7. The normalized spacial score (nSPS) is 16.7. The second kappa shape index (κ2) is 6.45. The Morgan fingerprint density at radius 3 is 2.76 bits per heavy atom. The van der Waals surface area contributed by atoms with Gasteiger partial charge in [-0.1, -0.05) is 11.6 Å². The van der Waals surface area contributed by atoms with E-state index in [2.05, 4.69) is 19.9 Å². The fourth-order valence-corrected chi connectivity index (χ4v) is 2.98. The van der Waals surface area contributed by atoms with E-state index in [9.17, 15) is 4.79 Å². The van der Waals surface area contributed by atoms with E-state index in [-0.39, 0.29) is 33.3 Å². The molecule has 8 nitrogen and oxygen atoms in total. The fourth-order valence-electron chi connectivity index (χ4n) is 2.77. The first-order valence-corrected chi connectivity index (χ1v) is 8.29. The molecule has 1 fully saturated rings. The number of aromatic nitrogens is 3. The first-order chi connectivity index (χ1) is 11.8. The molecule has 132 valence electrons. The van der Waals surface area contributed by atoms with Crippen LogP contribution in [-0.2, 0) is 0 Å². The molecule has 0 radical (unpaired) electrons. The van der Waals surface area contributed by atoms with Crippen molar-refractivity contribution in [3.05, 3.63) is 45.1 Å². The molecule has 0 aromatic carbocycles. The number of nitrogens with zero attached hydrogens (tertiary/aromatic N) is 3. The maximum absolute atomic E-state index is 11.6. The summed E-state index contributed by atoms with van der Waals surface area (Å²) in [5, 5.41) is 8.19. The lowest BCUT2D eigenvalue weighted by Crippen LogP contribution is -2.48. The Morgan fingerprint density at radius 1 is 1.44 bits per heavy atom. The van der Waals surface area contributed by atoms with Gasteiger partial charge in [0.2, 0.25) is 0 Å². The van der Waals surface area contributed by atoms with Gasteiger partial charge < -0.3 is 21.4 Å². The summed E-state index contributed by atoms with van der Waals surface area (Å²) in [6.07, 6.45) is 4.72. The quantitative estimate of drug-likeness (QED) is 0.604. The first kappa shape index (κ1) is 17.4. The van der Waals surface area contributed by atoms with Crippen molar-refractivity contribution in [3.63, 3.8) is 0 Å². The molecule has 3 rings (SSSR count). The van der Waals surface area contributed by atoms with Crippen LogP contribution in [-0.4, -0.2) is 39.3 Å². The average Bonchev–Trinajstić information content (AvgIpc) is 2.57. The maximum atomic E-state index is 11.6. The summed E-state index contributed by atoms with van der Waals surface area (Å²) in [7, 11) is 0. The van der Waals surface area contributed by atoms with Gasteiger partial charge in [0.25, 0.3) is 5.56 Å². The lowest BCUT2D eigenvalue weighted by atomic mass is 9.91. The predicted molar refractivity (Wildman–Crippen MR) is 98.5 cm³/mol. The van der Waals surface area contributed by atoms with Crippen LogP contribution in [0.25, 0.3) is 0 Å². The van der Waals surface area contributed by atoms with Crippen LogP contribution in [0.4, 0.5) is 11.6 Å². The van der Waals surface area contributed by atoms with Crippen molar-refractivity contribution in [2.45, 2.75) is 25.3 Å². The van der Waals surface area contributed by atoms with E-state index in [0.29, 0.717) is 5.82 Å². The first-order valence-electron chi connectivity index (χ1n) is 7.91. The van der Waals surface area contributed by atoms with Crippen LogP contribution in [0, 0.1) is 5.41 Å². The zero-order valence-corrected chi connectivity index (χ0v) is 14.6. The number of nitrogen functional groups attached to an aromatic ring is 1. The van der Waals surface area contributed by atoms with Gasteiger partial charge in [-0.25, -0.2) is 9.97 Å². The van der Waals surface area contributed by atoms with E-state index in [1.165, 1.54) is 12.3 Å². The minimum absolute atomic E-state index is 0.0409. The molecule has 0 unspecified atom stereocenters. The lowest BCUT2D eigenvalue weighted by Gasteiger charge is -2.37. The molecule has 2 aromatic rings. The number of nitrogens with two attached hydrogens (primary N) is 2. The van der Waals surface area contributed by atoms with Gasteiger partial charge in [-0.2, -0.15) is 0 Å². The molecule has 0 bridgehead atoms. The predicted octanol–water partition coefficient (Wildman–Crippen LogP) is 1.13. The van der Waals surface area contributed by atoms with Crippen molar-refractivity contribution in [2.24, 2.45) is 5.73 Å². The summed E-state index contributed by atoms with van der Waals surface area (Å²) in [5.74, 6) is 0.779. The molecule has 9 heteroatoms. The third-order valence-electron chi connectivity index (χ3n) is 4.42. The monoisotopic (exact) mass is 361 g/mol. The Kier molecular flexibility index (Phi) is 4.49. The van der Waals surface area contributed by atoms with E-state index in [4.69, 9.17) is 28.5 Å². The number of H-pyrrole nitrogens is 1. The van der Waals surface area contributed by atoms with Crippen LogP contribution in [0.15, 0.2) is 23.3 Å². The fraction of sp³-hybridized carbons (Fsp3) is 0.375. The number of hydrogen-bond donors (Lipinski definition) is 4. The van der Waals surface area contributed by atoms with Gasteiger partial charge in [0.05, 0.1) is 11.9 Å². The molecule has 25 heavy (non-hydrogen) atoms. The molecule has 6 N–H and O–H groups in total. The van der Waals surface area contributed by atoms with Crippen molar-refractivity contribution < 1.29 is 0 Å². The smallest absolute Gasteiger partial charge is 0.267 e. The summed E-state index contributed by atoms with van der Waals surface area (Å²) in [4.78, 5) is 24.8. The largest absolute Gasteiger partial charge is 0.382 e. The van der Waals surface area contributed by atoms with E-state index < -0.39 is 5.56 Å². The van der Waals surface area contributed by atoms with E-state index >= 15 is 0 Å². The third kappa shape index (κ3) is 3.49. The summed E-state index contributed by atoms with van der Waals surface area (Å²) >= 11 is 5.98. The lowest BCUT2D eigenvalue weighted by molar-refractivity contribution is 0.363. The molecule has 1 saturated heterocycles. The van der Waals surface area contributed by atoms with Gasteiger partial charge >= 0.3 is 0 Å². The summed E-state index contributed by atoms with van der Waals surface area (Å²) in [6, 6.07) is 1.54. The Hall–Kier alpha value is -2.45. The third-order valence-corrected chi connectivity index (χ3v) is 4.80. The van der Waals surface area contributed by atoms with Gasteiger partial charge in [0.15, 0.2) is 5.82 Å². The van der Waals surface area contributed by atoms with Crippen LogP contribution < -0.4 is 21.9 Å². The summed E-state index contributed by atoms with van der Waals surface area (Å²) in [5.41, 5.74) is 11.9. The second-order valence-electron chi connectivity index (χ2n) is 6.51. The van der Waals surface area contributed by atoms with E-state index in [1.807, 2.05) is 6.92 Å². The molecule has 1 aliphatic rings. The highest BCUT2D eigenvalue weighted by Crippen LogP contribution is 2.24. The van der Waals surface area contributed by atoms with Gasteiger partial charge in [-0.05, 0) is 25.8 Å². The Morgan fingerprint density at radius 2 is 2.12 bits per heavy atom.